The summed E-state index contributed by atoms with van der Waals surface area (Å²) in [5.74, 6) is -0.0777. The van der Waals surface area contributed by atoms with Crippen LogP contribution in [0.5, 0.6) is 5.75 Å². The minimum atomic E-state index is -3.66. The average molecular weight is 316 g/mol. The summed E-state index contributed by atoms with van der Waals surface area (Å²) in [5.41, 5.74) is 0.834. The second kappa shape index (κ2) is 4.19. The highest BCUT2D eigenvalue weighted by Crippen LogP contribution is 2.24. The van der Waals surface area contributed by atoms with Gasteiger partial charge in [-0.15, -0.1) is 0 Å². The molecule has 2 rings (SSSR count). The van der Waals surface area contributed by atoms with Gasteiger partial charge in [-0.05, 0) is 46.6 Å². The van der Waals surface area contributed by atoms with E-state index in [2.05, 4.69) is 15.9 Å². The van der Waals surface area contributed by atoms with Crippen LogP contribution in [0.2, 0.25) is 0 Å². The predicted molar refractivity (Wildman–Crippen MR) is 67.6 cm³/mol. The molecular formula is C11H10BrNO3S. The number of rotatable bonds is 2. The smallest absolute Gasteiger partial charge is 0.268 e. The molecule has 1 N–H and O–H groups in total. The molecule has 90 valence electrons. The van der Waals surface area contributed by atoms with Crippen molar-refractivity contribution < 1.29 is 13.5 Å². The van der Waals surface area contributed by atoms with Crippen molar-refractivity contribution in [2.45, 2.75) is 11.8 Å². The van der Waals surface area contributed by atoms with Gasteiger partial charge in [0, 0.05) is 12.3 Å². The van der Waals surface area contributed by atoms with Crippen molar-refractivity contribution in [3.63, 3.8) is 0 Å². The van der Waals surface area contributed by atoms with Gasteiger partial charge in [0.2, 0.25) is 0 Å². The van der Waals surface area contributed by atoms with Crippen LogP contribution in [0.3, 0.4) is 0 Å². The quantitative estimate of drug-likeness (QED) is 0.926. The molecule has 0 atom stereocenters. The third kappa shape index (κ3) is 2.23. The molecule has 1 aromatic carbocycles. The summed E-state index contributed by atoms with van der Waals surface area (Å²) in [4.78, 5) is 0.0498. The van der Waals surface area contributed by atoms with Crippen LogP contribution in [0, 0.1) is 6.92 Å². The van der Waals surface area contributed by atoms with Crippen LogP contribution in [0.4, 0.5) is 0 Å². The molecule has 0 saturated heterocycles. The number of phenolic OH excluding ortho intramolecular Hbond substituents is 1. The standard InChI is InChI=1S/C11H10BrNO3S/c1-8-5-11(12)13(7-8)17(15,16)10-4-2-3-9(14)6-10/h2-7,14H,1H3. The van der Waals surface area contributed by atoms with E-state index in [-0.39, 0.29) is 10.6 Å². The Bertz CT molecular complexity index is 661. The van der Waals surface area contributed by atoms with Crippen molar-refractivity contribution in [3.05, 3.63) is 46.7 Å². The molecule has 6 heteroatoms. The van der Waals surface area contributed by atoms with E-state index >= 15 is 0 Å². The van der Waals surface area contributed by atoms with E-state index in [1.165, 1.54) is 30.5 Å². The molecule has 0 amide bonds. The van der Waals surface area contributed by atoms with Gasteiger partial charge in [0.25, 0.3) is 10.0 Å². The summed E-state index contributed by atoms with van der Waals surface area (Å²) in [5, 5.41) is 9.31. The lowest BCUT2D eigenvalue weighted by molar-refractivity contribution is 0.473. The second-order valence-electron chi connectivity index (χ2n) is 3.64. The normalized spacial score (nSPS) is 11.6. The Labute approximate surface area is 108 Å². The van der Waals surface area contributed by atoms with E-state index in [1.807, 2.05) is 0 Å². The van der Waals surface area contributed by atoms with Crippen LogP contribution >= 0.6 is 15.9 Å². The Morgan fingerprint density at radius 2 is 2.00 bits per heavy atom. The first-order chi connectivity index (χ1) is 7.91. The van der Waals surface area contributed by atoms with Crippen LogP contribution in [0.25, 0.3) is 0 Å². The number of aryl methyl sites for hydroxylation is 1. The largest absolute Gasteiger partial charge is 0.508 e. The molecule has 0 aliphatic rings. The number of hydrogen-bond acceptors (Lipinski definition) is 3. The van der Waals surface area contributed by atoms with Gasteiger partial charge < -0.3 is 5.11 Å². The molecule has 1 heterocycles. The maximum Gasteiger partial charge on any atom is 0.268 e. The number of halogens is 1. The highest BCUT2D eigenvalue weighted by molar-refractivity contribution is 9.10. The third-order valence-corrected chi connectivity index (χ3v) is 4.77. The second-order valence-corrected chi connectivity index (χ2v) is 6.27. The fraction of sp³-hybridized carbons (Fsp3) is 0.0909. The first-order valence-electron chi connectivity index (χ1n) is 4.80. The summed E-state index contributed by atoms with van der Waals surface area (Å²) in [7, 11) is -3.66. The first kappa shape index (κ1) is 12.2. The van der Waals surface area contributed by atoms with Gasteiger partial charge in [0.15, 0.2) is 0 Å². The molecule has 4 nitrogen and oxygen atoms in total. The number of benzene rings is 1. The van der Waals surface area contributed by atoms with Crippen LogP contribution in [-0.4, -0.2) is 17.5 Å². The minimum absolute atomic E-state index is 0.0498. The van der Waals surface area contributed by atoms with Crippen LogP contribution in [-0.2, 0) is 10.0 Å². The Hall–Kier alpha value is -1.27. The van der Waals surface area contributed by atoms with Gasteiger partial charge in [0.1, 0.15) is 5.75 Å². The Morgan fingerprint density at radius 3 is 2.53 bits per heavy atom. The number of nitrogens with zero attached hydrogens (tertiary/aromatic N) is 1. The molecule has 2 aromatic rings. The van der Waals surface area contributed by atoms with E-state index in [4.69, 9.17) is 0 Å². The van der Waals surface area contributed by atoms with Gasteiger partial charge in [-0.2, -0.15) is 0 Å². The Morgan fingerprint density at radius 1 is 1.29 bits per heavy atom. The summed E-state index contributed by atoms with van der Waals surface area (Å²) in [6.45, 7) is 1.80. The van der Waals surface area contributed by atoms with E-state index in [0.29, 0.717) is 4.60 Å². The molecule has 0 radical (unpaired) electrons. The summed E-state index contributed by atoms with van der Waals surface area (Å²) in [6, 6.07) is 7.29. The van der Waals surface area contributed by atoms with Crippen molar-refractivity contribution in [3.8, 4) is 5.75 Å². The van der Waals surface area contributed by atoms with Crippen LogP contribution < -0.4 is 0 Å². The van der Waals surface area contributed by atoms with Gasteiger partial charge >= 0.3 is 0 Å². The van der Waals surface area contributed by atoms with Crippen molar-refractivity contribution in [2.24, 2.45) is 0 Å². The average Bonchev–Trinajstić information content (AvgIpc) is 2.58. The van der Waals surface area contributed by atoms with Crippen molar-refractivity contribution >= 4 is 26.0 Å². The predicted octanol–water partition coefficient (Wildman–Crippen LogP) is 2.50. The fourth-order valence-electron chi connectivity index (χ4n) is 1.48. The zero-order valence-electron chi connectivity index (χ0n) is 8.96. The zero-order chi connectivity index (χ0) is 12.6. The van der Waals surface area contributed by atoms with Gasteiger partial charge in [-0.3, -0.25) is 0 Å². The monoisotopic (exact) mass is 315 g/mol. The lowest BCUT2D eigenvalue weighted by Crippen LogP contribution is -2.11. The fourth-order valence-corrected chi connectivity index (χ4v) is 3.85. The minimum Gasteiger partial charge on any atom is -0.508 e. The van der Waals surface area contributed by atoms with Crippen LogP contribution in [0.1, 0.15) is 5.56 Å². The Balaban J connectivity index is 2.62. The number of aromatic nitrogens is 1. The number of hydrogen-bond donors (Lipinski definition) is 1. The van der Waals surface area contributed by atoms with E-state index < -0.39 is 10.0 Å². The highest BCUT2D eigenvalue weighted by atomic mass is 79.9. The summed E-state index contributed by atoms with van der Waals surface area (Å²) in [6.07, 6.45) is 1.52. The molecule has 17 heavy (non-hydrogen) atoms. The highest BCUT2D eigenvalue weighted by Gasteiger charge is 2.19. The zero-order valence-corrected chi connectivity index (χ0v) is 11.4. The van der Waals surface area contributed by atoms with Crippen molar-refractivity contribution in [1.82, 2.24) is 3.97 Å². The molecule has 0 aliphatic heterocycles. The Kier molecular flexibility index (Phi) is 3.01. The SMILES string of the molecule is Cc1cc(Br)n(S(=O)(=O)c2cccc(O)c2)c1. The molecule has 0 saturated carbocycles. The molecule has 0 bridgehead atoms. The van der Waals surface area contributed by atoms with Gasteiger partial charge in [-0.1, -0.05) is 6.07 Å². The van der Waals surface area contributed by atoms with E-state index in [9.17, 15) is 13.5 Å². The number of aromatic hydroxyl groups is 1. The molecule has 0 spiro atoms. The number of phenols is 1. The molecule has 0 fully saturated rings. The molecule has 0 aliphatic carbocycles. The van der Waals surface area contributed by atoms with E-state index in [0.717, 1.165) is 9.54 Å². The molecule has 1 aromatic heterocycles. The summed E-state index contributed by atoms with van der Waals surface area (Å²) >= 11 is 3.19. The molecular weight excluding hydrogens is 306 g/mol. The molecule has 0 unspecified atom stereocenters. The maximum atomic E-state index is 12.2. The lowest BCUT2D eigenvalue weighted by Gasteiger charge is -2.07. The van der Waals surface area contributed by atoms with Gasteiger partial charge in [0.05, 0.1) is 9.50 Å². The van der Waals surface area contributed by atoms with Crippen molar-refractivity contribution in [2.75, 3.05) is 0 Å². The first-order valence-corrected chi connectivity index (χ1v) is 7.03. The van der Waals surface area contributed by atoms with Crippen molar-refractivity contribution in [1.29, 1.82) is 0 Å². The topological polar surface area (TPSA) is 59.3 Å². The van der Waals surface area contributed by atoms with Crippen LogP contribution in [0.15, 0.2) is 46.0 Å². The van der Waals surface area contributed by atoms with Gasteiger partial charge in [-0.25, -0.2) is 12.4 Å². The summed E-state index contributed by atoms with van der Waals surface area (Å²) < 4.78 is 26.1. The lowest BCUT2D eigenvalue weighted by atomic mass is 10.3. The third-order valence-electron chi connectivity index (χ3n) is 2.25. The van der Waals surface area contributed by atoms with E-state index in [1.54, 1.807) is 13.0 Å². The maximum absolute atomic E-state index is 12.2.